The van der Waals surface area contributed by atoms with Crippen molar-refractivity contribution in [1.29, 1.82) is 0 Å². The van der Waals surface area contributed by atoms with Crippen molar-refractivity contribution in [2.75, 3.05) is 20.1 Å². The van der Waals surface area contributed by atoms with Crippen LogP contribution in [-0.2, 0) is 4.79 Å². The van der Waals surface area contributed by atoms with Crippen LogP contribution in [0.15, 0.2) is 0 Å². The molecule has 2 fully saturated rings. The molecule has 0 unspecified atom stereocenters. The highest BCUT2D eigenvalue weighted by Crippen LogP contribution is 2.24. The van der Waals surface area contributed by atoms with E-state index in [4.69, 9.17) is 0 Å². The molecule has 62 valence electrons. The first-order chi connectivity index (χ1) is 5.29. The number of piperidine rings is 1. The van der Waals surface area contributed by atoms with Crippen molar-refractivity contribution >= 4 is 5.91 Å². The van der Waals surface area contributed by atoms with Gasteiger partial charge in [-0.2, -0.15) is 0 Å². The van der Waals surface area contributed by atoms with E-state index in [9.17, 15) is 4.79 Å². The van der Waals surface area contributed by atoms with E-state index in [-0.39, 0.29) is 5.92 Å². The summed E-state index contributed by atoms with van der Waals surface area (Å²) in [6.07, 6.45) is 2.24. The summed E-state index contributed by atoms with van der Waals surface area (Å²) in [4.78, 5) is 13.3. The van der Waals surface area contributed by atoms with Crippen molar-refractivity contribution in [3.63, 3.8) is 0 Å². The van der Waals surface area contributed by atoms with E-state index < -0.39 is 0 Å². The van der Waals surface area contributed by atoms with Crippen LogP contribution in [0.3, 0.4) is 0 Å². The van der Waals surface area contributed by atoms with Crippen molar-refractivity contribution < 1.29 is 4.79 Å². The second-order valence-corrected chi connectivity index (χ2v) is 3.53. The summed E-state index contributed by atoms with van der Waals surface area (Å²) in [5.74, 6) is 0.621. The fourth-order valence-corrected chi connectivity index (χ4v) is 2.11. The van der Waals surface area contributed by atoms with E-state index in [1.54, 1.807) is 0 Å². The molecule has 0 spiro atoms. The number of carbonyl (C=O) groups is 1. The summed E-state index contributed by atoms with van der Waals surface area (Å²) in [5, 5.41) is 3.38. The van der Waals surface area contributed by atoms with Crippen molar-refractivity contribution in [2.24, 2.45) is 5.92 Å². The number of likely N-dealkylation sites (tertiary alicyclic amines) is 1. The van der Waals surface area contributed by atoms with Gasteiger partial charge < -0.3 is 10.2 Å². The Bertz CT molecular complexity index is 181. The molecule has 0 radical (unpaired) electrons. The zero-order valence-electron chi connectivity index (χ0n) is 6.84. The van der Waals surface area contributed by atoms with E-state index in [1.165, 1.54) is 0 Å². The number of fused-ring (bicyclic) bond motifs is 1. The number of hydrogen-bond acceptors (Lipinski definition) is 2. The lowest BCUT2D eigenvalue weighted by Crippen LogP contribution is -2.41. The molecule has 0 aromatic rings. The Morgan fingerprint density at radius 1 is 1.64 bits per heavy atom. The van der Waals surface area contributed by atoms with Gasteiger partial charge in [0, 0.05) is 19.6 Å². The quantitative estimate of drug-likeness (QED) is 0.525. The smallest absolute Gasteiger partial charge is 0.227 e. The van der Waals surface area contributed by atoms with Crippen molar-refractivity contribution in [3.05, 3.63) is 0 Å². The molecule has 3 nitrogen and oxygen atoms in total. The summed E-state index contributed by atoms with van der Waals surface area (Å²) < 4.78 is 0. The van der Waals surface area contributed by atoms with Crippen molar-refractivity contribution in [3.8, 4) is 0 Å². The molecule has 2 atom stereocenters. The third-order valence-corrected chi connectivity index (χ3v) is 2.75. The van der Waals surface area contributed by atoms with Crippen molar-refractivity contribution in [1.82, 2.24) is 10.2 Å². The number of hydrogen-bond donors (Lipinski definition) is 1. The molecule has 2 aliphatic heterocycles. The van der Waals surface area contributed by atoms with Gasteiger partial charge in [-0.15, -0.1) is 0 Å². The van der Waals surface area contributed by atoms with Crippen LogP contribution in [0.2, 0.25) is 0 Å². The van der Waals surface area contributed by atoms with Gasteiger partial charge in [-0.25, -0.2) is 0 Å². The highest BCUT2D eigenvalue weighted by atomic mass is 16.2. The van der Waals surface area contributed by atoms with Crippen LogP contribution < -0.4 is 5.32 Å². The van der Waals surface area contributed by atoms with E-state index in [0.29, 0.717) is 11.9 Å². The molecule has 2 aliphatic rings. The van der Waals surface area contributed by atoms with Gasteiger partial charge in [-0.1, -0.05) is 0 Å². The van der Waals surface area contributed by atoms with E-state index >= 15 is 0 Å². The van der Waals surface area contributed by atoms with Gasteiger partial charge in [0.1, 0.15) is 0 Å². The maximum absolute atomic E-state index is 11.4. The maximum Gasteiger partial charge on any atom is 0.227 e. The Kier molecular flexibility index (Phi) is 1.60. The Balaban J connectivity index is 2.11. The molecule has 1 N–H and O–H groups in total. The Morgan fingerprint density at radius 2 is 2.45 bits per heavy atom. The fraction of sp³-hybridized carbons (Fsp3) is 0.875. The number of nitrogens with zero attached hydrogens (tertiary/aromatic N) is 1. The number of carbonyl (C=O) groups excluding carboxylic acids is 1. The van der Waals surface area contributed by atoms with E-state index in [1.807, 2.05) is 11.9 Å². The van der Waals surface area contributed by atoms with Crippen molar-refractivity contribution in [2.45, 2.75) is 18.9 Å². The zero-order valence-corrected chi connectivity index (χ0v) is 6.84. The van der Waals surface area contributed by atoms with Gasteiger partial charge in [-0.05, 0) is 19.4 Å². The second kappa shape index (κ2) is 2.48. The minimum absolute atomic E-state index is 0.286. The highest BCUT2D eigenvalue weighted by Gasteiger charge is 2.39. The van der Waals surface area contributed by atoms with E-state index in [0.717, 1.165) is 25.9 Å². The van der Waals surface area contributed by atoms with Crippen LogP contribution in [0.5, 0.6) is 0 Å². The molecule has 2 heterocycles. The monoisotopic (exact) mass is 154 g/mol. The first-order valence-electron chi connectivity index (χ1n) is 4.27. The molecule has 2 saturated heterocycles. The van der Waals surface area contributed by atoms with Gasteiger partial charge in [0.2, 0.25) is 5.91 Å². The summed E-state index contributed by atoms with van der Waals surface area (Å²) in [6.45, 7) is 1.99. The van der Waals surface area contributed by atoms with Crippen LogP contribution in [0, 0.1) is 5.92 Å². The molecular weight excluding hydrogens is 140 g/mol. The average molecular weight is 154 g/mol. The molecule has 0 bridgehead atoms. The first kappa shape index (κ1) is 7.10. The predicted molar refractivity (Wildman–Crippen MR) is 42.2 cm³/mol. The molecule has 1 amide bonds. The lowest BCUT2D eigenvalue weighted by Gasteiger charge is -2.23. The highest BCUT2D eigenvalue weighted by molar-refractivity contribution is 5.81. The van der Waals surface area contributed by atoms with Crippen LogP contribution in [0.1, 0.15) is 12.8 Å². The standard InChI is InChI=1S/C8H14N2O/c1-10-5-7-6(8(10)11)3-2-4-9-7/h6-7,9H,2-5H2,1H3/t6-,7-/m1/s1. The van der Waals surface area contributed by atoms with Gasteiger partial charge in [0.25, 0.3) is 0 Å². The fourth-order valence-electron chi connectivity index (χ4n) is 2.11. The molecule has 2 rings (SSSR count). The molecule has 3 heteroatoms. The lowest BCUT2D eigenvalue weighted by atomic mass is 9.94. The van der Waals surface area contributed by atoms with Gasteiger partial charge in [0.15, 0.2) is 0 Å². The summed E-state index contributed by atoms with van der Waals surface area (Å²) in [5.41, 5.74) is 0. The topological polar surface area (TPSA) is 32.3 Å². The Morgan fingerprint density at radius 3 is 3.18 bits per heavy atom. The van der Waals surface area contributed by atoms with Crippen LogP contribution >= 0.6 is 0 Å². The Labute approximate surface area is 66.8 Å². The van der Waals surface area contributed by atoms with Crippen LogP contribution in [0.4, 0.5) is 0 Å². The summed E-state index contributed by atoms with van der Waals surface area (Å²) in [7, 11) is 1.89. The molecule has 0 saturated carbocycles. The van der Waals surface area contributed by atoms with Gasteiger partial charge >= 0.3 is 0 Å². The van der Waals surface area contributed by atoms with Gasteiger partial charge in [0.05, 0.1) is 5.92 Å². The van der Waals surface area contributed by atoms with Gasteiger partial charge in [-0.3, -0.25) is 4.79 Å². The largest absolute Gasteiger partial charge is 0.344 e. The number of likely N-dealkylation sites (N-methyl/N-ethyl adjacent to an activating group) is 1. The third-order valence-electron chi connectivity index (χ3n) is 2.75. The molecule has 11 heavy (non-hydrogen) atoms. The number of nitrogens with one attached hydrogen (secondary N) is 1. The second-order valence-electron chi connectivity index (χ2n) is 3.53. The summed E-state index contributed by atoms with van der Waals surface area (Å²) in [6, 6.07) is 0.446. The average Bonchev–Trinajstić information content (AvgIpc) is 2.30. The molecule has 0 aliphatic carbocycles. The number of amides is 1. The van der Waals surface area contributed by atoms with Crippen LogP contribution in [0.25, 0.3) is 0 Å². The minimum atomic E-state index is 0.286. The normalized spacial score (nSPS) is 37.5. The maximum atomic E-state index is 11.4. The molecule has 0 aromatic heterocycles. The minimum Gasteiger partial charge on any atom is -0.344 e. The predicted octanol–water partition coefficient (Wildman–Crippen LogP) is -0.173. The third kappa shape index (κ3) is 1.03. The zero-order chi connectivity index (χ0) is 7.84. The number of rotatable bonds is 0. The Hall–Kier alpha value is -0.570. The SMILES string of the molecule is CN1C[C@H]2NCCC[C@H]2C1=O. The van der Waals surface area contributed by atoms with E-state index in [2.05, 4.69) is 5.32 Å². The molecule has 0 aromatic carbocycles. The lowest BCUT2D eigenvalue weighted by molar-refractivity contribution is -0.130. The molecular formula is C8H14N2O. The summed E-state index contributed by atoms with van der Waals surface area (Å²) >= 11 is 0. The first-order valence-corrected chi connectivity index (χ1v) is 4.27. The van der Waals surface area contributed by atoms with Crippen LogP contribution in [-0.4, -0.2) is 37.0 Å².